The molecule has 0 aliphatic heterocycles. The van der Waals surface area contributed by atoms with Gasteiger partial charge in [0.25, 0.3) is 10.1 Å². The highest BCUT2D eigenvalue weighted by atomic mass is 32.2. The number of nitrogens with two attached hydrogens (primary N) is 1. The highest BCUT2D eigenvalue weighted by molar-refractivity contribution is 7.86. The van der Waals surface area contributed by atoms with Crippen molar-refractivity contribution < 1.29 is 12.6 Å². The molecule has 1 aliphatic rings. The number of benzene rings is 1. The van der Waals surface area contributed by atoms with E-state index < -0.39 is 16.2 Å². The van der Waals surface area contributed by atoms with Crippen molar-refractivity contribution in [3.8, 4) is 0 Å². The molecule has 0 aromatic heterocycles. The first-order valence-corrected chi connectivity index (χ1v) is 6.83. The first-order valence-electron chi connectivity index (χ1n) is 5.42. The second-order valence-electron chi connectivity index (χ2n) is 4.10. The Morgan fingerprint density at radius 3 is 2.65 bits per heavy atom. The fraction of sp³-hybridized carbons (Fsp3) is 0.333. The van der Waals surface area contributed by atoms with Crippen molar-refractivity contribution in [1.29, 1.82) is 0 Å². The Kier molecular flexibility index (Phi) is 3.33. The standard InChI is InChI=1S/C12H15NO3S/c1-9-5-2-3-8-12(9)17(14,15)16-11-7-4-6-10(11)13/h2-6,8,10-11H,7,13H2,1H3/t10-,11-/m1/s1. The zero-order valence-corrected chi connectivity index (χ0v) is 10.4. The first-order chi connectivity index (χ1) is 8.00. The maximum absolute atomic E-state index is 12.0. The molecule has 4 nitrogen and oxygen atoms in total. The molecule has 0 fully saturated rings. The SMILES string of the molecule is Cc1ccccc1S(=O)(=O)O[C@@H]1CC=C[C@H]1N. The van der Waals surface area contributed by atoms with E-state index >= 15 is 0 Å². The maximum Gasteiger partial charge on any atom is 0.297 e. The van der Waals surface area contributed by atoms with Crippen molar-refractivity contribution in [2.75, 3.05) is 0 Å². The van der Waals surface area contributed by atoms with E-state index in [9.17, 15) is 8.42 Å². The zero-order chi connectivity index (χ0) is 12.5. The normalized spacial score (nSPS) is 24.1. The van der Waals surface area contributed by atoms with E-state index in [2.05, 4.69) is 0 Å². The average Bonchev–Trinajstić information content (AvgIpc) is 2.64. The first kappa shape index (κ1) is 12.3. The summed E-state index contributed by atoms with van der Waals surface area (Å²) in [5, 5.41) is 0. The number of hydrogen-bond donors (Lipinski definition) is 1. The van der Waals surface area contributed by atoms with Gasteiger partial charge in [0.1, 0.15) is 0 Å². The summed E-state index contributed by atoms with van der Waals surface area (Å²) in [6.45, 7) is 1.74. The van der Waals surface area contributed by atoms with E-state index in [0.29, 0.717) is 12.0 Å². The summed E-state index contributed by atoms with van der Waals surface area (Å²) in [6, 6.07) is 6.39. The maximum atomic E-state index is 12.0. The highest BCUT2D eigenvalue weighted by Gasteiger charge is 2.28. The minimum atomic E-state index is -3.73. The minimum Gasteiger partial charge on any atom is -0.322 e. The van der Waals surface area contributed by atoms with Gasteiger partial charge in [0.15, 0.2) is 0 Å². The molecule has 1 aromatic rings. The fourth-order valence-electron chi connectivity index (χ4n) is 1.81. The monoisotopic (exact) mass is 253 g/mol. The van der Waals surface area contributed by atoms with Gasteiger partial charge in [-0.15, -0.1) is 0 Å². The van der Waals surface area contributed by atoms with Gasteiger partial charge >= 0.3 is 0 Å². The minimum absolute atomic E-state index is 0.208. The Bertz CT molecular complexity index is 536. The Labute approximate surface area is 101 Å². The molecule has 2 atom stereocenters. The van der Waals surface area contributed by atoms with Gasteiger partial charge in [0.2, 0.25) is 0 Å². The van der Waals surface area contributed by atoms with Gasteiger partial charge in [0, 0.05) is 0 Å². The lowest BCUT2D eigenvalue weighted by molar-refractivity contribution is 0.206. The van der Waals surface area contributed by atoms with Crippen molar-refractivity contribution in [3.05, 3.63) is 42.0 Å². The molecule has 0 saturated heterocycles. The van der Waals surface area contributed by atoms with E-state index in [4.69, 9.17) is 9.92 Å². The second kappa shape index (κ2) is 4.60. The molecular formula is C12H15NO3S. The Balaban J connectivity index is 2.23. The number of aryl methyl sites for hydroxylation is 1. The molecule has 0 saturated carbocycles. The van der Waals surface area contributed by atoms with Crippen molar-refractivity contribution >= 4 is 10.1 Å². The molecule has 0 unspecified atom stereocenters. The van der Waals surface area contributed by atoms with E-state index in [0.717, 1.165) is 0 Å². The molecule has 5 heteroatoms. The molecule has 17 heavy (non-hydrogen) atoms. The lowest BCUT2D eigenvalue weighted by atomic mass is 10.2. The van der Waals surface area contributed by atoms with Crippen LogP contribution in [0.25, 0.3) is 0 Å². The summed E-state index contributed by atoms with van der Waals surface area (Å²) in [5.41, 5.74) is 6.40. The van der Waals surface area contributed by atoms with Gasteiger partial charge in [-0.1, -0.05) is 30.4 Å². The van der Waals surface area contributed by atoms with Gasteiger partial charge in [0.05, 0.1) is 17.0 Å². The number of hydrogen-bond acceptors (Lipinski definition) is 4. The molecule has 0 radical (unpaired) electrons. The second-order valence-corrected chi connectivity index (χ2v) is 5.64. The van der Waals surface area contributed by atoms with Crippen LogP contribution in [0.2, 0.25) is 0 Å². The van der Waals surface area contributed by atoms with Crippen LogP contribution in [0.15, 0.2) is 41.3 Å². The third kappa shape index (κ3) is 2.57. The van der Waals surface area contributed by atoms with Crippen molar-refractivity contribution in [1.82, 2.24) is 0 Å². The molecule has 2 N–H and O–H groups in total. The van der Waals surface area contributed by atoms with E-state index in [-0.39, 0.29) is 10.9 Å². The summed E-state index contributed by atoms with van der Waals surface area (Å²) >= 11 is 0. The van der Waals surface area contributed by atoms with E-state index in [1.54, 1.807) is 37.3 Å². The van der Waals surface area contributed by atoms with Crippen LogP contribution in [0.4, 0.5) is 0 Å². The summed E-state index contributed by atoms with van der Waals surface area (Å²) in [7, 11) is -3.73. The molecule has 0 spiro atoms. The predicted octanol–water partition coefficient (Wildman–Crippen LogP) is 1.36. The van der Waals surface area contributed by atoms with Gasteiger partial charge < -0.3 is 5.73 Å². The molecule has 1 aliphatic carbocycles. The lowest BCUT2D eigenvalue weighted by Crippen LogP contribution is -2.33. The summed E-state index contributed by atoms with van der Waals surface area (Å²) in [6.07, 6.45) is 3.65. The van der Waals surface area contributed by atoms with Gasteiger partial charge in [-0.05, 0) is 25.0 Å². The van der Waals surface area contributed by atoms with Crippen molar-refractivity contribution in [3.63, 3.8) is 0 Å². The van der Waals surface area contributed by atoms with Crippen LogP contribution >= 0.6 is 0 Å². The third-order valence-corrected chi connectivity index (χ3v) is 4.27. The summed E-state index contributed by atoms with van der Waals surface area (Å²) in [5.74, 6) is 0. The average molecular weight is 253 g/mol. The molecule has 0 heterocycles. The van der Waals surface area contributed by atoms with Crippen LogP contribution in [-0.2, 0) is 14.3 Å². The topological polar surface area (TPSA) is 69.4 Å². The van der Waals surface area contributed by atoms with Crippen LogP contribution in [-0.4, -0.2) is 20.6 Å². The Morgan fingerprint density at radius 1 is 1.35 bits per heavy atom. The molecule has 1 aromatic carbocycles. The van der Waals surface area contributed by atoms with Crippen molar-refractivity contribution in [2.24, 2.45) is 5.73 Å². The zero-order valence-electron chi connectivity index (χ0n) is 9.54. The lowest BCUT2D eigenvalue weighted by Gasteiger charge is -2.16. The van der Waals surface area contributed by atoms with Gasteiger partial charge in [-0.2, -0.15) is 8.42 Å². The third-order valence-electron chi connectivity index (χ3n) is 2.77. The van der Waals surface area contributed by atoms with E-state index in [1.807, 2.05) is 6.08 Å². The molecule has 0 amide bonds. The van der Waals surface area contributed by atoms with Crippen LogP contribution in [0.5, 0.6) is 0 Å². The number of rotatable bonds is 3. The quantitative estimate of drug-likeness (QED) is 0.652. The predicted molar refractivity (Wildman–Crippen MR) is 65.0 cm³/mol. The van der Waals surface area contributed by atoms with Gasteiger partial charge in [-0.25, -0.2) is 0 Å². The largest absolute Gasteiger partial charge is 0.322 e. The van der Waals surface area contributed by atoms with Crippen molar-refractivity contribution in [2.45, 2.75) is 30.4 Å². The molecular weight excluding hydrogens is 238 g/mol. The van der Waals surface area contributed by atoms with Crippen LogP contribution in [0.1, 0.15) is 12.0 Å². The Hall–Kier alpha value is -1.17. The summed E-state index contributed by atoms with van der Waals surface area (Å²) in [4.78, 5) is 0.208. The molecule has 0 bridgehead atoms. The van der Waals surface area contributed by atoms with Crippen LogP contribution in [0.3, 0.4) is 0 Å². The van der Waals surface area contributed by atoms with E-state index in [1.165, 1.54) is 0 Å². The molecule has 92 valence electrons. The molecule has 2 rings (SSSR count). The van der Waals surface area contributed by atoms with Crippen LogP contribution < -0.4 is 5.73 Å². The highest BCUT2D eigenvalue weighted by Crippen LogP contribution is 2.22. The fourth-order valence-corrected chi connectivity index (χ4v) is 3.15. The smallest absolute Gasteiger partial charge is 0.297 e. The van der Waals surface area contributed by atoms with Gasteiger partial charge in [-0.3, -0.25) is 4.18 Å². The Morgan fingerprint density at radius 2 is 2.06 bits per heavy atom. The summed E-state index contributed by atoms with van der Waals surface area (Å²) < 4.78 is 29.3. The van der Waals surface area contributed by atoms with Crippen LogP contribution in [0, 0.1) is 6.92 Å².